The number of hydrogen-bond acceptors (Lipinski definition) is 4. The first-order valence-electron chi connectivity index (χ1n) is 9.07. The first-order valence-corrected chi connectivity index (χ1v) is 9.82. The zero-order valence-electron chi connectivity index (χ0n) is 16.6. The SMILES string of the molecule is Cc1cc(C)nc(/N=C(\NC(=O)Nc2ccc(Cl)cc2Cl)Nc2ccccc2C)n1. The van der Waals surface area contributed by atoms with Gasteiger partial charge in [0.2, 0.25) is 5.96 Å². The molecule has 2 amide bonds. The van der Waals surface area contributed by atoms with Crippen LogP contribution in [0.5, 0.6) is 0 Å². The summed E-state index contributed by atoms with van der Waals surface area (Å²) in [7, 11) is 0. The molecule has 0 aliphatic carbocycles. The summed E-state index contributed by atoms with van der Waals surface area (Å²) >= 11 is 12.0. The van der Waals surface area contributed by atoms with E-state index in [1.807, 2.05) is 51.1 Å². The molecular formula is C21H20Cl2N6O. The van der Waals surface area contributed by atoms with Crippen molar-refractivity contribution in [2.24, 2.45) is 4.99 Å². The fourth-order valence-electron chi connectivity index (χ4n) is 2.64. The summed E-state index contributed by atoms with van der Waals surface area (Å²) in [6.07, 6.45) is 0. The maximum Gasteiger partial charge on any atom is 0.326 e. The largest absolute Gasteiger partial charge is 0.326 e. The number of carbonyl (C=O) groups is 1. The van der Waals surface area contributed by atoms with Crippen LogP contribution < -0.4 is 16.0 Å². The number of anilines is 2. The Bertz CT molecular complexity index is 1100. The maximum atomic E-state index is 12.6. The molecule has 3 aromatic rings. The minimum atomic E-state index is -0.538. The van der Waals surface area contributed by atoms with Crippen LogP contribution in [-0.4, -0.2) is 22.0 Å². The lowest BCUT2D eigenvalue weighted by Gasteiger charge is -2.14. The minimum Gasteiger partial charge on any atom is -0.325 e. The summed E-state index contributed by atoms with van der Waals surface area (Å²) in [6.45, 7) is 5.65. The van der Waals surface area contributed by atoms with E-state index in [4.69, 9.17) is 23.2 Å². The number of benzene rings is 2. The number of aromatic nitrogens is 2. The fraction of sp³-hybridized carbons (Fsp3) is 0.143. The van der Waals surface area contributed by atoms with Crippen LogP contribution in [-0.2, 0) is 0 Å². The van der Waals surface area contributed by atoms with E-state index in [1.54, 1.807) is 18.2 Å². The van der Waals surface area contributed by atoms with Gasteiger partial charge in [-0.1, -0.05) is 41.4 Å². The molecule has 1 heterocycles. The topological polar surface area (TPSA) is 91.3 Å². The number of halogens is 2. The number of guanidine groups is 1. The van der Waals surface area contributed by atoms with Crippen LogP contribution in [0.2, 0.25) is 10.0 Å². The Morgan fingerprint density at radius 3 is 2.27 bits per heavy atom. The van der Waals surface area contributed by atoms with Gasteiger partial charge in [-0.05, 0) is 56.7 Å². The van der Waals surface area contributed by atoms with Gasteiger partial charge >= 0.3 is 6.03 Å². The van der Waals surface area contributed by atoms with Gasteiger partial charge in [0.05, 0.1) is 10.7 Å². The molecule has 0 saturated heterocycles. The van der Waals surface area contributed by atoms with Crippen molar-refractivity contribution in [1.29, 1.82) is 0 Å². The van der Waals surface area contributed by atoms with E-state index in [-0.39, 0.29) is 11.9 Å². The van der Waals surface area contributed by atoms with Gasteiger partial charge in [-0.2, -0.15) is 4.99 Å². The van der Waals surface area contributed by atoms with Crippen molar-refractivity contribution in [1.82, 2.24) is 15.3 Å². The predicted molar refractivity (Wildman–Crippen MR) is 122 cm³/mol. The van der Waals surface area contributed by atoms with Crippen LogP contribution in [0.3, 0.4) is 0 Å². The van der Waals surface area contributed by atoms with E-state index in [0.29, 0.717) is 15.7 Å². The Morgan fingerprint density at radius 1 is 0.900 bits per heavy atom. The summed E-state index contributed by atoms with van der Waals surface area (Å²) in [6, 6.07) is 13.7. The number of carbonyl (C=O) groups excluding carboxylic acids is 1. The number of rotatable bonds is 3. The van der Waals surface area contributed by atoms with Gasteiger partial charge in [0.1, 0.15) is 0 Å². The van der Waals surface area contributed by atoms with Crippen molar-refractivity contribution in [3.05, 3.63) is 75.5 Å². The van der Waals surface area contributed by atoms with E-state index in [0.717, 1.165) is 22.6 Å². The van der Waals surface area contributed by atoms with Gasteiger partial charge in [0.25, 0.3) is 5.95 Å². The van der Waals surface area contributed by atoms with Gasteiger partial charge in [0, 0.05) is 22.1 Å². The molecule has 7 nitrogen and oxygen atoms in total. The average molecular weight is 443 g/mol. The number of urea groups is 1. The number of aliphatic imine (C=N–C) groups is 1. The molecule has 0 bridgehead atoms. The molecule has 9 heteroatoms. The fourth-order valence-corrected chi connectivity index (χ4v) is 3.09. The molecule has 0 spiro atoms. The molecular weight excluding hydrogens is 423 g/mol. The lowest BCUT2D eigenvalue weighted by atomic mass is 10.2. The van der Waals surface area contributed by atoms with E-state index in [9.17, 15) is 4.79 Å². The van der Waals surface area contributed by atoms with E-state index >= 15 is 0 Å². The zero-order chi connectivity index (χ0) is 21.7. The van der Waals surface area contributed by atoms with Crippen molar-refractivity contribution in [3.8, 4) is 0 Å². The molecule has 1 aromatic heterocycles. The second-order valence-corrected chi connectivity index (χ2v) is 7.40. The molecule has 0 unspecified atom stereocenters. The Hall–Kier alpha value is -3.16. The summed E-state index contributed by atoms with van der Waals surface area (Å²) in [4.78, 5) is 25.6. The van der Waals surface area contributed by atoms with Crippen LogP contribution in [0.1, 0.15) is 17.0 Å². The molecule has 154 valence electrons. The molecule has 0 atom stereocenters. The van der Waals surface area contributed by atoms with Crippen molar-refractivity contribution < 1.29 is 4.79 Å². The first-order chi connectivity index (χ1) is 14.3. The molecule has 0 aliphatic heterocycles. The highest BCUT2D eigenvalue weighted by Gasteiger charge is 2.11. The summed E-state index contributed by atoms with van der Waals surface area (Å²) < 4.78 is 0. The molecule has 3 N–H and O–H groups in total. The Kier molecular flexibility index (Phi) is 6.87. The van der Waals surface area contributed by atoms with Crippen molar-refractivity contribution in [2.45, 2.75) is 20.8 Å². The lowest BCUT2D eigenvalue weighted by molar-refractivity contribution is 0.256. The molecule has 0 fully saturated rings. The van der Waals surface area contributed by atoms with Crippen molar-refractivity contribution in [3.63, 3.8) is 0 Å². The third-order valence-corrected chi connectivity index (χ3v) is 4.54. The van der Waals surface area contributed by atoms with Gasteiger partial charge in [-0.25, -0.2) is 14.8 Å². The Labute approximate surface area is 184 Å². The third kappa shape index (κ3) is 5.92. The second-order valence-electron chi connectivity index (χ2n) is 6.55. The number of aryl methyl sites for hydroxylation is 3. The van der Waals surface area contributed by atoms with Crippen LogP contribution >= 0.6 is 23.2 Å². The summed E-state index contributed by atoms with van der Waals surface area (Å²) in [5, 5.41) is 9.27. The van der Waals surface area contributed by atoms with Crippen LogP contribution in [0.4, 0.5) is 22.1 Å². The monoisotopic (exact) mass is 442 g/mol. The molecule has 30 heavy (non-hydrogen) atoms. The Morgan fingerprint density at radius 2 is 1.60 bits per heavy atom. The third-order valence-electron chi connectivity index (χ3n) is 3.99. The quantitative estimate of drug-likeness (QED) is 0.362. The van der Waals surface area contributed by atoms with Crippen LogP contribution in [0, 0.1) is 20.8 Å². The van der Waals surface area contributed by atoms with Crippen molar-refractivity contribution in [2.75, 3.05) is 10.6 Å². The molecule has 3 rings (SSSR count). The second kappa shape index (κ2) is 9.56. The van der Waals surface area contributed by atoms with Gasteiger partial charge in [0.15, 0.2) is 0 Å². The predicted octanol–water partition coefficient (Wildman–Crippen LogP) is 5.63. The standard InChI is InChI=1S/C21H20Cl2N6O/c1-12-6-4-5-7-17(12)26-20(28-19-24-13(2)10-14(3)25-19)29-21(30)27-18-9-8-15(22)11-16(18)23/h4-11H,1-3H3,(H3,24,25,26,27,28,29,30). The Balaban J connectivity index is 1.87. The van der Waals surface area contributed by atoms with E-state index < -0.39 is 6.03 Å². The number of para-hydroxylation sites is 1. The highest BCUT2D eigenvalue weighted by Crippen LogP contribution is 2.25. The van der Waals surface area contributed by atoms with E-state index in [2.05, 4.69) is 30.9 Å². The summed E-state index contributed by atoms with van der Waals surface area (Å²) in [5.74, 6) is 0.394. The molecule has 0 saturated carbocycles. The molecule has 0 aliphatic rings. The number of nitrogens with one attached hydrogen (secondary N) is 3. The van der Waals surface area contributed by atoms with Crippen LogP contribution in [0.15, 0.2) is 53.5 Å². The number of amides is 2. The lowest BCUT2D eigenvalue weighted by Crippen LogP contribution is -2.39. The highest BCUT2D eigenvalue weighted by molar-refractivity contribution is 6.36. The average Bonchev–Trinajstić information content (AvgIpc) is 2.65. The van der Waals surface area contributed by atoms with Gasteiger partial charge in [-0.3, -0.25) is 5.32 Å². The molecule has 2 aromatic carbocycles. The van der Waals surface area contributed by atoms with Crippen LogP contribution in [0.25, 0.3) is 0 Å². The number of hydrogen-bond donors (Lipinski definition) is 3. The van der Waals surface area contributed by atoms with Gasteiger partial charge in [-0.15, -0.1) is 0 Å². The zero-order valence-corrected chi connectivity index (χ0v) is 18.1. The van der Waals surface area contributed by atoms with E-state index in [1.165, 1.54) is 0 Å². The highest BCUT2D eigenvalue weighted by atomic mass is 35.5. The molecule has 0 radical (unpaired) electrons. The van der Waals surface area contributed by atoms with Crippen molar-refractivity contribution >= 4 is 52.5 Å². The maximum absolute atomic E-state index is 12.6. The number of nitrogens with zero attached hydrogens (tertiary/aromatic N) is 3. The smallest absolute Gasteiger partial charge is 0.325 e. The minimum absolute atomic E-state index is 0.164. The first kappa shape index (κ1) is 21.5. The van der Waals surface area contributed by atoms with Gasteiger partial charge < -0.3 is 10.6 Å². The summed E-state index contributed by atoms with van der Waals surface area (Å²) in [5.41, 5.74) is 3.72. The normalized spacial score (nSPS) is 11.2.